The third-order valence-corrected chi connectivity index (χ3v) is 6.82. The lowest BCUT2D eigenvalue weighted by Crippen LogP contribution is -2.23. The molecular formula is C22H31N3O2S. The van der Waals surface area contributed by atoms with E-state index in [2.05, 4.69) is 22.0 Å². The van der Waals surface area contributed by atoms with Gasteiger partial charge in [-0.1, -0.05) is 32.0 Å². The van der Waals surface area contributed by atoms with Crippen LogP contribution in [-0.4, -0.2) is 44.9 Å². The average Bonchev–Trinajstić information content (AvgIpc) is 3.38. The normalized spacial score (nSPS) is 14.4. The summed E-state index contributed by atoms with van der Waals surface area (Å²) in [6.07, 6.45) is 2.34. The number of aromatic nitrogens is 1. The first-order valence-corrected chi connectivity index (χ1v) is 11.3. The zero-order chi connectivity index (χ0) is 20.3. The van der Waals surface area contributed by atoms with Gasteiger partial charge in [0.25, 0.3) is 0 Å². The molecule has 1 N–H and O–H groups in total. The molecule has 1 saturated heterocycles. The SMILES string of the molecule is CC.CN(C)S(=O)(=O)c1ccc(N2CCCC2)c(-c2cc3ccccc3[nH]2)c1.[HH]. The topological polar surface area (TPSA) is 56.4 Å². The summed E-state index contributed by atoms with van der Waals surface area (Å²) in [6, 6.07) is 15.7. The van der Waals surface area contributed by atoms with Crippen LogP contribution in [-0.2, 0) is 10.0 Å². The van der Waals surface area contributed by atoms with Crippen LogP contribution in [0.15, 0.2) is 53.4 Å². The molecule has 5 nitrogen and oxygen atoms in total. The van der Waals surface area contributed by atoms with Crippen molar-refractivity contribution < 1.29 is 9.84 Å². The number of hydrogen-bond donors (Lipinski definition) is 1. The highest BCUT2D eigenvalue weighted by Gasteiger charge is 2.23. The van der Waals surface area contributed by atoms with Gasteiger partial charge in [-0.2, -0.15) is 0 Å². The Morgan fingerprint density at radius 2 is 1.68 bits per heavy atom. The molecule has 1 aliphatic rings. The van der Waals surface area contributed by atoms with E-state index in [1.54, 1.807) is 26.2 Å². The monoisotopic (exact) mass is 401 g/mol. The van der Waals surface area contributed by atoms with Gasteiger partial charge in [-0.3, -0.25) is 0 Å². The van der Waals surface area contributed by atoms with Crippen molar-refractivity contribution in [3.63, 3.8) is 0 Å². The molecule has 0 amide bonds. The molecule has 0 aliphatic carbocycles. The van der Waals surface area contributed by atoms with Crippen LogP contribution in [0.4, 0.5) is 5.69 Å². The highest BCUT2D eigenvalue weighted by atomic mass is 32.2. The fraction of sp³-hybridized carbons (Fsp3) is 0.364. The minimum atomic E-state index is -3.48. The third-order valence-electron chi connectivity index (χ3n) is 5.01. The van der Waals surface area contributed by atoms with E-state index in [0.29, 0.717) is 4.90 Å². The second-order valence-corrected chi connectivity index (χ2v) is 9.08. The molecule has 1 aromatic heterocycles. The maximum atomic E-state index is 12.6. The molecule has 152 valence electrons. The molecule has 0 radical (unpaired) electrons. The smallest absolute Gasteiger partial charge is 0.242 e. The van der Waals surface area contributed by atoms with Crippen molar-refractivity contribution in [3.8, 4) is 11.3 Å². The number of benzene rings is 2. The molecule has 0 saturated carbocycles. The van der Waals surface area contributed by atoms with Gasteiger partial charge < -0.3 is 9.88 Å². The minimum Gasteiger partial charge on any atom is -0.371 e. The summed E-state index contributed by atoms with van der Waals surface area (Å²) in [4.78, 5) is 6.11. The third kappa shape index (κ3) is 3.80. The molecule has 0 atom stereocenters. The van der Waals surface area contributed by atoms with Gasteiger partial charge >= 0.3 is 0 Å². The maximum absolute atomic E-state index is 12.6. The number of nitrogens with one attached hydrogen (secondary N) is 1. The fourth-order valence-electron chi connectivity index (χ4n) is 3.55. The quantitative estimate of drug-likeness (QED) is 0.672. The van der Waals surface area contributed by atoms with Gasteiger partial charge in [-0.05, 0) is 43.2 Å². The number of para-hydroxylation sites is 1. The van der Waals surface area contributed by atoms with E-state index in [-0.39, 0.29) is 1.43 Å². The molecule has 28 heavy (non-hydrogen) atoms. The molecule has 0 unspecified atom stereocenters. The van der Waals surface area contributed by atoms with Gasteiger partial charge in [0, 0.05) is 56.5 Å². The number of H-pyrrole nitrogens is 1. The lowest BCUT2D eigenvalue weighted by atomic mass is 10.1. The predicted molar refractivity (Wildman–Crippen MR) is 120 cm³/mol. The van der Waals surface area contributed by atoms with Crippen LogP contribution in [0.3, 0.4) is 0 Å². The largest absolute Gasteiger partial charge is 0.371 e. The van der Waals surface area contributed by atoms with Crippen molar-refractivity contribution in [3.05, 3.63) is 48.5 Å². The van der Waals surface area contributed by atoms with Crippen molar-refractivity contribution >= 4 is 26.6 Å². The number of hydrogen-bond acceptors (Lipinski definition) is 3. The Morgan fingerprint density at radius 3 is 2.32 bits per heavy atom. The molecule has 3 aromatic rings. The maximum Gasteiger partial charge on any atom is 0.242 e. The van der Waals surface area contributed by atoms with Crippen molar-refractivity contribution in [1.82, 2.24) is 9.29 Å². The Labute approximate surface area is 169 Å². The number of sulfonamides is 1. The highest BCUT2D eigenvalue weighted by molar-refractivity contribution is 7.89. The molecule has 6 heteroatoms. The Kier molecular flexibility index (Phi) is 6.10. The van der Waals surface area contributed by atoms with Gasteiger partial charge in [0.15, 0.2) is 0 Å². The van der Waals surface area contributed by atoms with Gasteiger partial charge in [-0.15, -0.1) is 0 Å². The Morgan fingerprint density at radius 1 is 1.00 bits per heavy atom. The molecule has 1 fully saturated rings. The van der Waals surface area contributed by atoms with Crippen molar-refractivity contribution in [2.75, 3.05) is 32.1 Å². The summed E-state index contributed by atoms with van der Waals surface area (Å²) in [5.41, 5.74) is 4.03. The van der Waals surface area contributed by atoms with Crippen LogP contribution in [0.1, 0.15) is 28.1 Å². The first kappa shape index (κ1) is 20.4. The summed E-state index contributed by atoms with van der Waals surface area (Å²) in [7, 11) is -0.353. The summed E-state index contributed by atoms with van der Waals surface area (Å²) in [5.74, 6) is 0. The minimum absolute atomic E-state index is 0. The van der Waals surface area contributed by atoms with Crippen LogP contribution in [0.25, 0.3) is 22.2 Å². The van der Waals surface area contributed by atoms with Crippen LogP contribution >= 0.6 is 0 Å². The summed E-state index contributed by atoms with van der Waals surface area (Å²) in [5, 5.41) is 1.12. The molecule has 2 aromatic carbocycles. The Hall–Kier alpha value is -2.31. The summed E-state index contributed by atoms with van der Waals surface area (Å²) < 4.78 is 26.5. The van der Waals surface area contributed by atoms with E-state index < -0.39 is 10.0 Å². The van der Waals surface area contributed by atoms with E-state index in [1.165, 1.54) is 17.1 Å². The number of anilines is 1. The molecular weight excluding hydrogens is 370 g/mol. The average molecular weight is 402 g/mol. The lowest BCUT2D eigenvalue weighted by Gasteiger charge is -2.22. The van der Waals surface area contributed by atoms with Crippen LogP contribution < -0.4 is 4.90 Å². The summed E-state index contributed by atoms with van der Waals surface area (Å²) >= 11 is 0. The van der Waals surface area contributed by atoms with Gasteiger partial charge in [0.05, 0.1) is 4.90 Å². The van der Waals surface area contributed by atoms with Gasteiger partial charge in [-0.25, -0.2) is 12.7 Å². The van der Waals surface area contributed by atoms with Crippen LogP contribution in [0, 0.1) is 0 Å². The van der Waals surface area contributed by atoms with Crippen molar-refractivity contribution in [2.45, 2.75) is 31.6 Å². The van der Waals surface area contributed by atoms with Crippen LogP contribution in [0.2, 0.25) is 0 Å². The second-order valence-electron chi connectivity index (χ2n) is 6.93. The fourth-order valence-corrected chi connectivity index (χ4v) is 4.48. The molecule has 0 bridgehead atoms. The Balaban J connectivity index is 0.000000970. The van der Waals surface area contributed by atoms with Crippen molar-refractivity contribution in [1.29, 1.82) is 0 Å². The zero-order valence-electron chi connectivity index (χ0n) is 17.1. The lowest BCUT2D eigenvalue weighted by molar-refractivity contribution is 0.521. The number of fused-ring (bicyclic) bond motifs is 1. The zero-order valence-corrected chi connectivity index (χ0v) is 17.9. The predicted octanol–water partition coefficient (Wildman–Crippen LogP) is 4.96. The standard InChI is InChI=1S/C20H23N3O2S.C2H6.H2/c1-22(2)26(24,25)16-9-10-20(23-11-5-6-12-23)17(14-16)19-13-15-7-3-4-8-18(15)21-19;1-2;/h3-4,7-10,13-14,21H,5-6,11-12H2,1-2H3;1-2H3;1H. The van der Waals surface area contributed by atoms with Crippen LogP contribution in [0.5, 0.6) is 0 Å². The van der Waals surface area contributed by atoms with E-state index in [4.69, 9.17) is 0 Å². The molecule has 1 aliphatic heterocycles. The van der Waals surface area contributed by atoms with E-state index in [1.807, 2.05) is 38.1 Å². The second kappa shape index (κ2) is 8.37. The van der Waals surface area contributed by atoms with Gasteiger partial charge in [0.2, 0.25) is 10.0 Å². The van der Waals surface area contributed by atoms with E-state index >= 15 is 0 Å². The van der Waals surface area contributed by atoms with Crippen molar-refractivity contribution in [2.24, 2.45) is 0 Å². The van der Waals surface area contributed by atoms with E-state index in [9.17, 15) is 8.42 Å². The molecule has 2 heterocycles. The molecule has 4 rings (SSSR count). The summed E-state index contributed by atoms with van der Waals surface area (Å²) in [6.45, 7) is 6.01. The highest BCUT2D eigenvalue weighted by Crippen LogP contribution is 2.36. The number of aromatic amines is 1. The number of rotatable bonds is 4. The first-order valence-electron chi connectivity index (χ1n) is 9.86. The number of nitrogens with zero attached hydrogens (tertiary/aromatic N) is 2. The Bertz CT molecular complexity index is 1020. The van der Waals surface area contributed by atoms with E-state index in [0.717, 1.165) is 40.9 Å². The van der Waals surface area contributed by atoms with Gasteiger partial charge in [0.1, 0.15) is 0 Å². The first-order chi connectivity index (χ1) is 13.5. The molecule has 0 spiro atoms.